The molecule has 55 heavy (non-hydrogen) atoms. The van der Waals surface area contributed by atoms with Crippen molar-refractivity contribution in [1.29, 1.82) is 0 Å². The van der Waals surface area contributed by atoms with Crippen molar-refractivity contribution in [2.24, 2.45) is 0 Å². The molecule has 0 unspecified atom stereocenters. The van der Waals surface area contributed by atoms with Crippen LogP contribution in [0, 0.1) is 0 Å². The molecule has 8 atom stereocenters. The van der Waals surface area contributed by atoms with Gasteiger partial charge in [0.2, 0.25) is 0 Å². The second kappa shape index (κ2) is 23.8. The Balaban J connectivity index is 1.41. The van der Waals surface area contributed by atoms with E-state index in [1.807, 2.05) is 97.1 Å². The van der Waals surface area contributed by atoms with Crippen LogP contribution in [0.5, 0.6) is 0 Å². The molecule has 3 aromatic rings. The van der Waals surface area contributed by atoms with Crippen molar-refractivity contribution in [2.75, 3.05) is 13.2 Å². The monoisotopic (exact) mass is 868 g/mol. The van der Waals surface area contributed by atoms with Crippen LogP contribution < -0.4 is 0 Å². The predicted octanol–water partition coefficient (Wildman–Crippen LogP) is 8.48. The average Bonchev–Trinajstić information content (AvgIpc) is 3.22. The zero-order valence-electron chi connectivity index (χ0n) is 33.1. The fourth-order valence-electron chi connectivity index (χ4n) is 7.36. The Morgan fingerprint density at radius 2 is 1.09 bits per heavy atom. The van der Waals surface area contributed by atoms with E-state index >= 15 is 0 Å². The molecule has 0 amide bonds. The molecule has 1 fully saturated rings. The minimum absolute atomic E-state index is 0.0997. The first-order valence-corrected chi connectivity index (χ1v) is 27.7. The summed E-state index contributed by atoms with van der Waals surface area (Å²) in [6.07, 6.45) is 2.94. The molecule has 2 aliphatic rings. The number of ether oxygens (including phenoxy) is 6. The van der Waals surface area contributed by atoms with Gasteiger partial charge in [-0.25, -0.2) is 0 Å². The molecular formula is C45H64O9Sn. The minimum atomic E-state index is -3.38. The van der Waals surface area contributed by atoms with Gasteiger partial charge in [-0.2, -0.15) is 0 Å². The van der Waals surface area contributed by atoms with Crippen LogP contribution in [0.2, 0.25) is 13.3 Å². The summed E-state index contributed by atoms with van der Waals surface area (Å²) >= 11 is -3.38. The maximum atomic E-state index is 12.2. The van der Waals surface area contributed by atoms with Gasteiger partial charge in [0.25, 0.3) is 0 Å². The SMILES string of the molecule is CCC[CH2][Sn]([CH2]CCC)([CH2]CCC)[O][C@H]1[C@@H](O)[C@@H](COCc2ccccc2)O[C@@H](O[C@H]2[C@@H](OCc3ccccc3)C=CO[C@@H]2COCc2ccccc2)[C@@H]1O. The molecule has 5 rings (SSSR count). The molecule has 2 heterocycles. The van der Waals surface area contributed by atoms with Gasteiger partial charge in [0.15, 0.2) is 0 Å². The molecule has 0 aliphatic carbocycles. The average molecular weight is 868 g/mol. The summed E-state index contributed by atoms with van der Waals surface area (Å²) in [5.41, 5.74) is 3.09. The van der Waals surface area contributed by atoms with E-state index in [-0.39, 0.29) is 13.2 Å². The van der Waals surface area contributed by atoms with Crippen molar-refractivity contribution in [2.45, 2.75) is 141 Å². The summed E-state index contributed by atoms with van der Waals surface area (Å²) in [5, 5.41) is 24.2. The molecule has 0 radical (unpaired) electrons. The van der Waals surface area contributed by atoms with Crippen molar-refractivity contribution in [3.05, 3.63) is 120 Å². The third-order valence-corrected chi connectivity index (χ3v) is 23.6. The first-order valence-electron chi connectivity index (χ1n) is 20.5. The van der Waals surface area contributed by atoms with E-state index < -0.39 is 67.8 Å². The van der Waals surface area contributed by atoms with Crippen LogP contribution in [0.15, 0.2) is 103 Å². The first-order chi connectivity index (χ1) is 26.9. The Morgan fingerprint density at radius 3 is 1.60 bits per heavy atom. The van der Waals surface area contributed by atoms with Gasteiger partial charge < -0.3 is 0 Å². The van der Waals surface area contributed by atoms with Crippen LogP contribution >= 0.6 is 0 Å². The predicted molar refractivity (Wildman–Crippen MR) is 217 cm³/mol. The van der Waals surface area contributed by atoms with Crippen LogP contribution in [0.4, 0.5) is 0 Å². The van der Waals surface area contributed by atoms with E-state index in [0.29, 0.717) is 19.8 Å². The van der Waals surface area contributed by atoms with Crippen molar-refractivity contribution in [3.63, 3.8) is 0 Å². The zero-order valence-corrected chi connectivity index (χ0v) is 35.9. The second-order valence-electron chi connectivity index (χ2n) is 15.0. The number of hydrogen-bond donors (Lipinski definition) is 2. The van der Waals surface area contributed by atoms with E-state index in [1.54, 1.807) is 6.26 Å². The summed E-state index contributed by atoms with van der Waals surface area (Å²) in [6.45, 7) is 8.08. The quantitative estimate of drug-likeness (QED) is 0.0859. The molecule has 0 saturated carbocycles. The topological polar surface area (TPSA) is 105 Å². The van der Waals surface area contributed by atoms with Crippen molar-refractivity contribution < 1.29 is 41.7 Å². The van der Waals surface area contributed by atoms with Crippen LogP contribution in [0.1, 0.15) is 76.0 Å². The van der Waals surface area contributed by atoms with Crippen LogP contribution in [0.3, 0.4) is 0 Å². The summed E-state index contributed by atoms with van der Waals surface area (Å²) in [4.78, 5) is 0. The molecule has 0 bridgehead atoms. The van der Waals surface area contributed by atoms with Gasteiger partial charge in [0, 0.05) is 0 Å². The first kappa shape index (κ1) is 43.8. The number of aliphatic hydroxyl groups excluding tert-OH is 2. The van der Waals surface area contributed by atoms with E-state index in [9.17, 15) is 10.2 Å². The van der Waals surface area contributed by atoms with Gasteiger partial charge in [-0.05, 0) is 0 Å². The van der Waals surface area contributed by atoms with Gasteiger partial charge >= 0.3 is 311 Å². The fraction of sp³-hybridized carbons (Fsp3) is 0.556. The van der Waals surface area contributed by atoms with E-state index in [1.165, 1.54) is 0 Å². The number of hydrogen-bond acceptors (Lipinski definition) is 9. The molecule has 9 nitrogen and oxygen atoms in total. The molecule has 2 aliphatic heterocycles. The van der Waals surface area contributed by atoms with E-state index in [0.717, 1.165) is 68.5 Å². The second-order valence-corrected chi connectivity index (χ2v) is 26.7. The third kappa shape index (κ3) is 13.6. The molecule has 3 aromatic carbocycles. The number of benzene rings is 3. The van der Waals surface area contributed by atoms with Crippen molar-refractivity contribution >= 4 is 18.8 Å². The summed E-state index contributed by atoms with van der Waals surface area (Å²) in [5.74, 6) is 0. The van der Waals surface area contributed by atoms with Gasteiger partial charge in [0.05, 0.1) is 0 Å². The molecule has 10 heteroatoms. The standard InChI is InChI=1S/C33H37O9.3C4H9.Sn/c34-29-27(21-37-18-23-10-4-1-5-11-23)41-33(31(36)30(29)35)42-32-26(40-20-25-14-8-3-9-15-25)16-17-39-28(32)22-38-19-24-12-6-2-7-13-24;3*1-3-4-2;/h1-17,26-34,36H,18-22H2;3*1,3-4H2,2H3;/q-1;;;;+1/t26-,27+,28+,29-,30-,31+,32-,33-;;;;/m0..../s1. The molecule has 302 valence electrons. The summed E-state index contributed by atoms with van der Waals surface area (Å²) in [6, 6.07) is 29.9. The van der Waals surface area contributed by atoms with Gasteiger partial charge in [-0.1, -0.05) is 24.3 Å². The van der Waals surface area contributed by atoms with Crippen LogP contribution in [0.25, 0.3) is 0 Å². The normalized spacial score (nSPS) is 25.5. The summed E-state index contributed by atoms with van der Waals surface area (Å²) in [7, 11) is 0. The van der Waals surface area contributed by atoms with Crippen LogP contribution in [-0.2, 0) is 51.3 Å². The van der Waals surface area contributed by atoms with Gasteiger partial charge in [-0.3, -0.25) is 0 Å². The molecule has 2 N–H and O–H groups in total. The maximum absolute atomic E-state index is 12.2. The summed E-state index contributed by atoms with van der Waals surface area (Å²) < 4.78 is 48.7. The zero-order chi connectivity index (χ0) is 38.7. The molecule has 1 saturated heterocycles. The van der Waals surface area contributed by atoms with Crippen LogP contribution in [-0.4, -0.2) is 91.2 Å². The Hall–Kier alpha value is -2.32. The number of rotatable bonds is 24. The number of unbranched alkanes of at least 4 members (excludes halogenated alkanes) is 3. The van der Waals surface area contributed by atoms with Gasteiger partial charge in [-0.15, -0.1) is 0 Å². The van der Waals surface area contributed by atoms with Crippen molar-refractivity contribution in [3.8, 4) is 0 Å². The Kier molecular flexibility index (Phi) is 19.0. The Labute approximate surface area is 333 Å². The molecule has 0 aromatic heterocycles. The molecular weight excluding hydrogens is 803 g/mol. The Bertz CT molecular complexity index is 1460. The van der Waals surface area contributed by atoms with E-state index in [2.05, 4.69) is 20.8 Å². The number of aliphatic hydroxyl groups is 2. The third-order valence-electron chi connectivity index (χ3n) is 10.6. The van der Waals surface area contributed by atoms with E-state index in [4.69, 9.17) is 31.5 Å². The van der Waals surface area contributed by atoms with Gasteiger partial charge in [0.1, 0.15) is 0 Å². The molecule has 0 spiro atoms. The Morgan fingerprint density at radius 1 is 0.600 bits per heavy atom. The van der Waals surface area contributed by atoms with Crippen molar-refractivity contribution in [1.82, 2.24) is 0 Å². The fourth-order valence-corrected chi connectivity index (χ4v) is 21.5.